The fourth-order valence-corrected chi connectivity index (χ4v) is 1.17. The summed E-state index contributed by atoms with van der Waals surface area (Å²) in [6.07, 6.45) is 0.888. The molecule has 0 radical (unpaired) electrons. The lowest BCUT2D eigenvalue weighted by molar-refractivity contribution is -0.387. The minimum absolute atomic E-state index is 0.275. The van der Waals surface area contributed by atoms with E-state index in [-0.39, 0.29) is 6.42 Å². The van der Waals surface area contributed by atoms with Crippen LogP contribution in [-0.2, 0) is 0 Å². The molecule has 4 nitrogen and oxygen atoms in total. The second-order valence-corrected chi connectivity index (χ2v) is 3.01. The molecule has 1 atom stereocenters. The third-order valence-corrected chi connectivity index (χ3v) is 1.94. The molecule has 1 aromatic carbocycles. The molecule has 0 bridgehead atoms. The molecule has 0 aliphatic rings. The third kappa shape index (κ3) is 2.60. The van der Waals surface area contributed by atoms with Crippen molar-refractivity contribution in [1.29, 1.82) is 0 Å². The van der Waals surface area contributed by atoms with Gasteiger partial charge in [-0.2, -0.15) is 4.39 Å². The fraction of sp³-hybridized carbons (Fsp3) is 0.200. The highest BCUT2D eigenvalue weighted by molar-refractivity contribution is 5.35. The van der Waals surface area contributed by atoms with Crippen molar-refractivity contribution in [3.63, 3.8) is 0 Å². The summed E-state index contributed by atoms with van der Waals surface area (Å²) >= 11 is 0. The van der Waals surface area contributed by atoms with Gasteiger partial charge in [0.25, 0.3) is 0 Å². The Balaban J connectivity index is 3.00. The first-order valence-electron chi connectivity index (χ1n) is 4.29. The summed E-state index contributed by atoms with van der Waals surface area (Å²) in [4.78, 5) is 9.51. The fourth-order valence-electron chi connectivity index (χ4n) is 1.17. The van der Waals surface area contributed by atoms with E-state index in [2.05, 4.69) is 6.58 Å². The maximum atomic E-state index is 13.1. The van der Waals surface area contributed by atoms with Crippen molar-refractivity contribution in [3.8, 4) is 0 Å². The maximum absolute atomic E-state index is 13.1. The van der Waals surface area contributed by atoms with Gasteiger partial charge in [-0.3, -0.25) is 10.1 Å². The van der Waals surface area contributed by atoms with Gasteiger partial charge in [0.1, 0.15) is 0 Å². The van der Waals surface area contributed by atoms with E-state index in [4.69, 9.17) is 0 Å². The van der Waals surface area contributed by atoms with Crippen molar-refractivity contribution in [1.82, 2.24) is 0 Å². The number of rotatable bonds is 4. The highest BCUT2D eigenvalue weighted by Crippen LogP contribution is 2.23. The number of nitro groups is 1. The number of hydrogen-bond acceptors (Lipinski definition) is 3. The van der Waals surface area contributed by atoms with Gasteiger partial charge in [0.05, 0.1) is 11.0 Å². The topological polar surface area (TPSA) is 63.4 Å². The highest BCUT2D eigenvalue weighted by atomic mass is 19.1. The van der Waals surface area contributed by atoms with Gasteiger partial charge in [0.15, 0.2) is 0 Å². The van der Waals surface area contributed by atoms with Crippen molar-refractivity contribution < 1.29 is 14.4 Å². The Labute approximate surface area is 85.8 Å². The van der Waals surface area contributed by atoms with Crippen LogP contribution in [0.15, 0.2) is 30.9 Å². The SMILES string of the molecule is C=CCC(O)c1ccc([N+](=O)[O-])c(F)c1. The predicted molar refractivity (Wildman–Crippen MR) is 52.8 cm³/mol. The molecule has 1 unspecified atom stereocenters. The summed E-state index contributed by atoms with van der Waals surface area (Å²) in [5.41, 5.74) is -0.289. The normalized spacial score (nSPS) is 12.1. The van der Waals surface area contributed by atoms with Gasteiger partial charge < -0.3 is 5.11 Å². The highest BCUT2D eigenvalue weighted by Gasteiger charge is 2.16. The Hall–Kier alpha value is -1.75. The van der Waals surface area contributed by atoms with Crippen molar-refractivity contribution in [2.45, 2.75) is 12.5 Å². The van der Waals surface area contributed by atoms with E-state index in [1.807, 2.05) is 0 Å². The molecular formula is C10H10FNO3. The van der Waals surface area contributed by atoms with Gasteiger partial charge in [-0.1, -0.05) is 6.08 Å². The molecule has 15 heavy (non-hydrogen) atoms. The Morgan fingerprint density at radius 2 is 2.33 bits per heavy atom. The maximum Gasteiger partial charge on any atom is 0.304 e. The smallest absolute Gasteiger partial charge is 0.304 e. The number of aliphatic hydroxyl groups excluding tert-OH is 1. The molecule has 0 amide bonds. The number of hydrogen-bond donors (Lipinski definition) is 1. The minimum atomic E-state index is -0.944. The average molecular weight is 211 g/mol. The largest absolute Gasteiger partial charge is 0.388 e. The summed E-state index contributed by atoms with van der Waals surface area (Å²) in [6, 6.07) is 3.33. The zero-order valence-electron chi connectivity index (χ0n) is 7.89. The summed E-state index contributed by atoms with van der Waals surface area (Å²) in [7, 11) is 0. The Bertz CT molecular complexity index is 392. The lowest BCUT2D eigenvalue weighted by Crippen LogP contribution is -1.99. The van der Waals surface area contributed by atoms with Crippen molar-refractivity contribution in [3.05, 3.63) is 52.3 Å². The van der Waals surface area contributed by atoms with Gasteiger partial charge in [-0.25, -0.2) is 0 Å². The first-order valence-corrected chi connectivity index (χ1v) is 4.29. The van der Waals surface area contributed by atoms with E-state index in [9.17, 15) is 19.6 Å². The van der Waals surface area contributed by atoms with Crippen LogP contribution in [0.25, 0.3) is 0 Å². The lowest BCUT2D eigenvalue weighted by Gasteiger charge is -2.07. The van der Waals surface area contributed by atoms with Gasteiger partial charge in [0.2, 0.25) is 5.82 Å². The minimum Gasteiger partial charge on any atom is -0.388 e. The molecule has 0 spiro atoms. The molecule has 0 aliphatic carbocycles. The van der Waals surface area contributed by atoms with Gasteiger partial charge >= 0.3 is 5.69 Å². The van der Waals surface area contributed by atoms with Crippen LogP contribution < -0.4 is 0 Å². The third-order valence-electron chi connectivity index (χ3n) is 1.94. The van der Waals surface area contributed by atoms with Crippen LogP contribution in [0.3, 0.4) is 0 Å². The van der Waals surface area contributed by atoms with Crippen LogP contribution in [0.5, 0.6) is 0 Å². The van der Waals surface area contributed by atoms with E-state index < -0.39 is 22.5 Å². The zero-order valence-corrected chi connectivity index (χ0v) is 7.89. The van der Waals surface area contributed by atoms with Gasteiger partial charge in [-0.15, -0.1) is 6.58 Å². The van der Waals surface area contributed by atoms with Crippen LogP contribution >= 0.6 is 0 Å². The molecule has 0 saturated heterocycles. The van der Waals surface area contributed by atoms with E-state index in [1.54, 1.807) is 0 Å². The summed E-state index contributed by atoms with van der Waals surface area (Å²) in [5.74, 6) is -0.944. The number of benzene rings is 1. The van der Waals surface area contributed by atoms with Crippen molar-refractivity contribution in [2.75, 3.05) is 0 Å². The molecule has 0 heterocycles. The first kappa shape index (κ1) is 11.3. The second kappa shape index (κ2) is 4.65. The zero-order chi connectivity index (χ0) is 11.4. The van der Waals surface area contributed by atoms with E-state index in [0.717, 1.165) is 12.1 Å². The summed E-state index contributed by atoms with van der Waals surface area (Å²) < 4.78 is 13.1. The molecule has 0 saturated carbocycles. The van der Waals surface area contributed by atoms with Crippen LogP contribution in [0.2, 0.25) is 0 Å². The Kier molecular flexibility index (Phi) is 3.51. The standard InChI is InChI=1S/C10H10FNO3/c1-2-3-10(13)7-4-5-9(12(14)15)8(11)6-7/h2,4-6,10,13H,1,3H2. The van der Waals surface area contributed by atoms with E-state index in [0.29, 0.717) is 5.56 Å². The molecular weight excluding hydrogens is 201 g/mol. The average Bonchev–Trinajstić information content (AvgIpc) is 2.17. The molecule has 1 aromatic rings. The van der Waals surface area contributed by atoms with Gasteiger partial charge in [-0.05, 0) is 24.1 Å². The van der Waals surface area contributed by atoms with E-state index in [1.165, 1.54) is 12.1 Å². The quantitative estimate of drug-likeness (QED) is 0.472. The predicted octanol–water partition coefficient (Wildman–Crippen LogP) is 2.34. The van der Waals surface area contributed by atoms with Crippen LogP contribution in [0.1, 0.15) is 18.1 Å². The van der Waals surface area contributed by atoms with Crippen molar-refractivity contribution >= 4 is 5.69 Å². The lowest BCUT2D eigenvalue weighted by atomic mass is 10.1. The van der Waals surface area contributed by atoms with Crippen LogP contribution in [-0.4, -0.2) is 10.0 Å². The molecule has 0 aromatic heterocycles. The number of halogens is 1. The Morgan fingerprint density at radius 1 is 1.67 bits per heavy atom. The molecule has 1 N–H and O–H groups in total. The van der Waals surface area contributed by atoms with Crippen LogP contribution in [0.4, 0.5) is 10.1 Å². The molecule has 1 rings (SSSR count). The Morgan fingerprint density at radius 3 is 2.80 bits per heavy atom. The monoisotopic (exact) mass is 211 g/mol. The molecule has 0 aliphatic heterocycles. The number of nitrogens with zero attached hydrogens (tertiary/aromatic N) is 1. The molecule has 80 valence electrons. The summed E-state index contributed by atoms with van der Waals surface area (Å²) in [6.45, 7) is 3.43. The van der Waals surface area contributed by atoms with Crippen LogP contribution in [0, 0.1) is 15.9 Å². The van der Waals surface area contributed by atoms with E-state index >= 15 is 0 Å². The van der Waals surface area contributed by atoms with Gasteiger partial charge in [0, 0.05) is 6.07 Å². The number of aliphatic hydroxyl groups is 1. The summed E-state index contributed by atoms with van der Waals surface area (Å²) in [5, 5.41) is 19.8. The molecule has 5 heteroatoms. The van der Waals surface area contributed by atoms with Crippen molar-refractivity contribution in [2.24, 2.45) is 0 Å². The second-order valence-electron chi connectivity index (χ2n) is 3.01. The first-order chi connectivity index (χ1) is 7.06. The number of nitro benzene ring substituents is 1. The molecule has 0 fully saturated rings.